The van der Waals surface area contributed by atoms with Crippen molar-refractivity contribution in [3.63, 3.8) is 0 Å². The number of piperidine rings is 1. The van der Waals surface area contributed by atoms with Gasteiger partial charge in [-0.05, 0) is 31.5 Å². The third-order valence-corrected chi connectivity index (χ3v) is 4.13. The summed E-state index contributed by atoms with van der Waals surface area (Å²) >= 11 is 5.98. The molecule has 0 bridgehead atoms. The van der Waals surface area contributed by atoms with Crippen molar-refractivity contribution in [1.29, 1.82) is 0 Å². The standard InChI is InChI=1S/C16H17ClN2O3/c17-12-5-3-4-11(8-12)14-9-18-15(22-14)10-19-7-2-1-6-13(19)16(20)21/h3-5,8-9,13H,1-2,6-7,10H2,(H,20,21). The number of likely N-dealkylation sites (tertiary alicyclic amines) is 1. The first kappa shape index (κ1) is 15.1. The van der Waals surface area contributed by atoms with E-state index in [9.17, 15) is 9.90 Å². The molecule has 22 heavy (non-hydrogen) atoms. The van der Waals surface area contributed by atoms with Crippen LogP contribution in [0.4, 0.5) is 0 Å². The molecule has 1 saturated heterocycles. The lowest BCUT2D eigenvalue weighted by atomic mass is 10.0. The number of carbonyl (C=O) groups is 1. The van der Waals surface area contributed by atoms with Gasteiger partial charge < -0.3 is 9.52 Å². The monoisotopic (exact) mass is 320 g/mol. The second kappa shape index (κ2) is 6.50. The number of benzene rings is 1. The topological polar surface area (TPSA) is 66.6 Å². The Kier molecular flexibility index (Phi) is 4.45. The Balaban J connectivity index is 1.75. The Morgan fingerprint density at radius 2 is 2.32 bits per heavy atom. The zero-order valence-corrected chi connectivity index (χ0v) is 12.8. The highest BCUT2D eigenvalue weighted by molar-refractivity contribution is 6.30. The lowest BCUT2D eigenvalue weighted by molar-refractivity contribution is -0.145. The van der Waals surface area contributed by atoms with Crippen LogP contribution in [0.3, 0.4) is 0 Å². The Morgan fingerprint density at radius 3 is 3.09 bits per heavy atom. The molecule has 0 radical (unpaired) electrons. The summed E-state index contributed by atoms with van der Waals surface area (Å²) < 4.78 is 5.75. The van der Waals surface area contributed by atoms with E-state index < -0.39 is 12.0 Å². The van der Waals surface area contributed by atoms with Gasteiger partial charge in [0.15, 0.2) is 5.76 Å². The predicted molar refractivity (Wildman–Crippen MR) is 82.6 cm³/mol. The number of hydrogen-bond acceptors (Lipinski definition) is 4. The van der Waals surface area contributed by atoms with E-state index in [0.29, 0.717) is 29.6 Å². The van der Waals surface area contributed by atoms with Crippen molar-refractivity contribution in [3.05, 3.63) is 41.4 Å². The average molecular weight is 321 g/mol. The van der Waals surface area contributed by atoms with Crippen LogP contribution in [0.2, 0.25) is 5.02 Å². The molecule has 0 aliphatic carbocycles. The number of halogens is 1. The molecule has 1 aliphatic rings. The Bertz CT molecular complexity index is 671. The van der Waals surface area contributed by atoms with E-state index in [1.807, 2.05) is 23.1 Å². The molecule has 116 valence electrons. The van der Waals surface area contributed by atoms with Gasteiger partial charge >= 0.3 is 5.97 Å². The maximum absolute atomic E-state index is 11.3. The Labute approximate surface area is 133 Å². The summed E-state index contributed by atoms with van der Waals surface area (Å²) in [5, 5.41) is 9.93. The van der Waals surface area contributed by atoms with Crippen molar-refractivity contribution in [3.8, 4) is 11.3 Å². The third-order valence-electron chi connectivity index (χ3n) is 3.90. The number of oxazole rings is 1. The average Bonchev–Trinajstić information content (AvgIpc) is 2.96. The van der Waals surface area contributed by atoms with Gasteiger partial charge in [0, 0.05) is 10.6 Å². The predicted octanol–water partition coefficient (Wildman–Crippen LogP) is 3.43. The molecule has 1 aromatic heterocycles. The molecule has 1 aliphatic heterocycles. The highest BCUT2D eigenvalue weighted by Gasteiger charge is 2.29. The zero-order valence-electron chi connectivity index (χ0n) is 12.0. The Hall–Kier alpha value is -1.85. The molecule has 1 unspecified atom stereocenters. The van der Waals surface area contributed by atoms with E-state index in [2.05, 4.69) is 4.98 Å². The van der Waals surface area contributed by atoms with E-state index in [1.165, 1.54) is 0 Å². The second-order valence-electron chi connectivity index (χ2n) is 5.45. The van der Waals surface area contributed by atoms with Crippen LogP contribution in [0.1, 0.15) is 25.2 Å². The van der Waals surface area contributed by atoms with E-state index in [0.717, 1.165) is 24.9 Å². The lowest BCUT2D eigenvalue weighted by Crippen LogP contribution is -2.44. The van der Waals surface area contributed by atoms with E-state index in [4.69, 9.17) is 16.0 Å². The van der Waals surface area contributed by atoms with Crippen LogP contribution < -0.4 is 0 Å². The quantitative estimate of drug-likeness (QED) is 0.934. The van der Waals surface area contributed by atoms with Crippen LogP contribution in [0.25, 0.3) is 11.3 Å². The van der Waals surface area contributed by atoms with Crippen molar-refractivity contribution in [2.75, 3.05) is 6.54 Å². The van der Waals surface area contributed by atoms with Crippen LogP contribution in [0.5, 0.6) is 0 Å². The highest BCUT2D eigenvalue weighted by atomic mass is 35.5. The molecule has 0 spiro atoms. The molecular formula is C16H17ClN2O3. The molecule has 6 heteroatoms. The van der Waals surface area contributed by atoms with E-state index in [-0.39, 0.29) is 0 Å². The maximum atomic E-state index is 11.3. The van der Waals surface area contributed by atoms with E-state index in [1.54, 1.807) is 12.3 Å². The Morgan fingerprint density at radius 1 is 1.45 bits per heavy atom. The number of aromatic nitrogens is 1. The smallest absolute Gasteiger partial charge is 0.320 e. The summed E-state index contributed by atoms with van der Waals surface area (Å²) in [5.41, 5.74) is 0.861. The molecule has 3 rings (SSSR count). The fourth-order valence-corrected chi connectivity index (χ4v) is 2.98. The summed E-state index contributed by atoms with van der Waals surface area (Å²) in [7, 11) is 0. The van der Waals surface area contributed by atoms with Gasteiger partial charge in [-0.2, -0.15) is 0 Å². The number of carboxylic acids is 1. The van der Waals surface area contributed by atoms with Crippen molar-refractivity contribution in [1.82, 2.24) is 9.88 Å². The molecule has 1 N–H and O–H groups in total. The summed E-state index contributed by atoms with van der Waals surface area (Å²) in [6.07, 6.45) is 4.29. The van der Waals surface area contributed by atoms with Gasteiger partial charge in [-0.15, -0.1) is 0 Å². The lowest BCUT2D eigenvalue weighted by Gasteiger charge is -2.31. The minimum absolute atomic E-state index is 0.414. The highest BCUT2D eigenvalue weighted by Crippen LogP contribution is 2.25. The van der Waals surface area contributed by atoms with Gasteiger partial charge in [0.2, 0.25) is 5.89 Å². The maximum Gasteiger partial charge on any atom is 0.320 e. The van der Waals surface area contributed by atoms with Gasteiger partial charge in [0.1, 0.15) is 6.04 Å². The molecule has 2 heterocycles. The number of rotatable bonds is 4. The number of carboxylic acid groups (broad SMARTS) is 1. The molecular weight excluding hydrogens is 304 g/mol. The van der Waals surface area contributed by atoms with Crippen LogP contribution in [0, 0.1) is 0 Å². The van der Waals surface area contributed by atoms with Gasteiger partial charge in [-0.25, -0.2) is 4.98 Å². The fourth-order valence-electron chi connectivity index (χ4n) is 2.79. The number of aliphatic carboxylic acids is 1. The first-order valence-corrected chi connectivity index (χ1v) is 7.69. The van der Waals surface area contributed by atoms with E-state index >= 15 is 0 Å². The first-order chi connectivity index (χ1) is 10.6. The second-order valence-corrected chi connectivity index (χ2v) is 5.89. The number of hydrogen-bond donors (Lipinski definition) is 1. The molecule has 0 amide bonds. The SMILES string of the molecule is O=C(O)C1CCCCN1Cc1ncc(-c2cccc(Cl)c2)o1. The molecule has 2 aromatic rings. The van der Waals surface area contributed by atoms with Crippen LogP contribution >= 0.6 is 11.6 Å². The summed E-state index contributed by atoms with van der Waals surface area (Å²) in [5.74, 6) is 0.394. The fraction of sp³-hybridized carbons (Fsp3) is 0.375. The molecule has 5 nitrogen and oxygen atoms in total. The van der Waals surface area contributed by atoms with Gasteiger partial charge in [0.05, 0.1) is 12.7 Å². The van der Waals surface area contributed by atoms with Gasteiger partial charge in [-0.3, -0.25) is 9.69 Å². The molecule has 1 aromatic carbocycles. The van der Waals surface area contributed by atoms with Crippen LogP contribution in [0.15, 0.2) is 34.9 Å². The van der Waals surface area contributed by atoms with Crippen molar-refractivity contribution >= 4 is 17.6 Å². The zero-order chi connectivity index (χ0) is 15.5. The summed E-state index contributed by atoms with van der Waals surface area (Å²) in [4.78, 5) is 17.5. The normalized spacial score (nSPS) is 19.2. The van der Waals surface area contributed by atoms with Crippen LogP contribution in [-0.4, -0.2) is 33.5 Å². The molecule has 1 atom stereocenters. The molecule has 0 saturated carbocycles. The van der Waals surface area contributed by atoms with Crippen molar-refractivity contribution < 1.29 is 14.3 Å². The number of nitrogens with zero attached hydrogens (tertiary/aromatic N) is 2. The molecule has 1 fully saturated rings. The van der Waals surface area contributed by atoms with Gasteiger partial charge in [-0.1, -0.05) is 30.2 Å². The summed E-state index contributed by atoms with van der Waals surface area (Å²) in [6.45, 7) is 1.17. The first-order valence-electron chi connectivity index (χ1n) is 7.31. The largest absolute Gasteiger partial charge is 0.480 e. The van der Waals surface area contributed by atoms with Crippen molar-refractivity contribution in [2.24, 2.45) is 0 Å². The minimum Gasteiger partial charge on any atom is -0.480 e. The van der Waals surface area contributed by atoms with Crippen LogP contribution in [-0.2, 0) is 11.3 Å². The summed E-state index contributed by atoms with van der Waals surface area (Å²) in [6, 6.07) is 6.91. The van der Waals surface area contributed by atoms with Gasteiger partial charge in [0.25, 0.3) is 0 Å². The minimum atomic E-state index is -0.777. The van der Waals surface area contributed by atoms with Crippen molar-refractivity contribution in [2.45, 2.75) is 31.8 Å². The third kappa shape index (κ3) is 3.31.